The predicted octanol–water partition coefficient (Wildman–Crippen LogP) is 3.55. The Morgan fingerprint density at radius 3 is 2.63 bits per heavy atom. The molecule has 2 amide bonds. The van der Waals surface area contributed by atoms with Gasteiger partial charge in [-0.2, -0.15) is 0 Å². The average Bonchev–Trinajstić information content (AvgIpc) is 3.04. The Labute approximate surface area is 162 Å². The van der Waals surface area contributed by atoms with Crippen molar-refractivity contribution in [3.8, 4) is 0 Å². The van der Waals surface area contributed by atoms with Crippen LogP contribution in [0, 0.1) is 5.92 Å². The van der Waals surface area contributed by atoms with Crippen LogP contribution in [-0.2, 0) is 9.59 Å². The largest absolute Gasteiger partial charge is 0.423 e. The molecular weight excluding hydrogens is 412 g/mol. The lowest BCUT2D eigenvalue weighted by Gasteiger charge is -2.17. The fourth-order valence-corrected chi connectivity index (χ4v) is 3.41. The van der Waals surface area contributed by atoms with Crippen molar-refractivity contribution >= 4 is 50.1 Å². The van der Waals surface area contributed by atoms with Crippen molar-refractivity contribution in [3.05, 3.63) is 69.5 Å². The molecule has 7 heteroatoms. The number of nitrogens with one attached hydrogen (secondary N) is 1. The van der Waals surface area contributed by atoms with E-state index in [9.17, 15) is 14.4 Å². The van der Waals surface area contributed by atoms with Crippen LogP contribution in [0.1, 0.15) is 6.42 Å². The Bertz CT molecular complexity index is 1090. The van der Waals surface area contributed by atoms with Gasteiger partial charge >= 0.3 is 5.63 Å². The third-order valence-corrected chi connectivity index (χ3v) is 5.05. The number of benzene rings is 2. The van der Waals surface area contributed by atoms with E-state index in [0.29, 0.717) is 23.2 Å². The first-order valence-electron chi connectivity index (χ1n) is 8.40. The summed E-state index contributed by atoms with van der Waals surface area (Å²) < 4.78 is 6.01. The van der Waals surface area contributed by atoms with Gasteiger partial charge < -0.3 is 14.6 Å². The van der Waals surface area contributed by atoms with Crippen LogP contribution in [0.5, 0.6) is 0 Å². The van der Waals surface area contributed by atoms with E-state index in [1.165, 1.54) is 6.07 Å². The highest BCUT2D eigenvalue weighted by Crippen LogP contribution is 2.27. The van der Waals surface area contributed by atoms with Crippen molar-refractivity contribution in [2.24, 2.45) is 5.92 Å². The molecule has 6 nitrogen and oxygen atoms in total. The van der Waals surface area contributed by atoms with Crippen LogP contribution in [0.3, 0.4) is 0 Å². The second-order valence-corrected chi connectivity index (χ2v) is 7.29. The zero-order chi connectivity index (χ0) is 19.0. The summed E-state index contributed by atoms with van der Waals surface area (Å²) in [6, 6.07) is 15.4. The normalized spacial score (nSPS) is 16.7. The molecule has 0 saturated carbocycles. The molecule has 2 heterocycles. The van der Waals surface area contributed by atoms with Gasteiger partial charge in [-0.1, -0.05) is 15.9 Å². The van der Waals surface area contributed by atoms with Crippen LogP contribution in [0.2, 0.25) is 0 Å². The molecule has 1 atom stereocenters. The van der Waals surface area contributed by atoms with Gasteiger partial charge in [0.2, 0.25) is 11.8 Å². The Kier molecular flexibility index (Phi) is 4.53. The van der Waals surface area contributed by atoms with Crippen molar-refractivity contribution in [2.75, 3.05) is 16.8 Å². The van der Waals surface area contributed by atoms with Gasteiger partial charge in [0.05, 0.1) is 5.92 Å². The topological polar surface area (TPSA) is 79.6 Å². The van der Waals surface area contributed by atoms with Gasteiger partial charge in [0.25, 0.3) is 0 Å². The van der Waals surface area contributed by atoms with Crippen LogP contribution in [0.25, 0.3) is 11.0 Å². The number of anilines is 2. The minimum Gasteiger partial charge on any atom is -0.423 e. The monoisotopic (exact) mass is 426 g/mol. The van der Waals surface area contributed by atoms with E-state index in [1.807, 2.05) is 24.3 Å². The number of hydrogen-bond acceptors (Lipinski definition) is 4. The standard InChI is InChI=1S/C20H15BrN2O4/c21-14-2-5-16(6-3-14)23-11-13(10-18(23)24)20(26)22-15-4-7-17-12(9-15)1-8-19(25)27-17/h1-9,13H,10-11H2,(H,22,26)/t13-/m1/s1. The number of halogens is 1. The Hall–Kier alpha value is -2.93. The number of amides is 2. The van der Waals surface area contributed by atoms with E-state index in [4.69, 9.17) is 4.42 Å². The molecule has 4 rings (SSSR count). The van der Waals surface area contributed by atoms with Gasteiger partial charge in [0.15, 0.2) is 0 Å². The maximum Gasteiger partial charge on any atom is 0.336 e. The second-order valence-electron chi connectivity index (χ2n) is 6.38. The molecule has 1 N–H and O–H groups in total. The molecular formula is C20H15BrN2O4. The molecule has 1 aliphatic heterocycles. The van der Waals surface area contributed by atoms with E-state index in [2.05, 4.69) is 21.2 Å². The Morgan fingerprint density at radius 1 is 1.07 bits per heavy atom. The number of fused-ring (bicyclic) bond motifs is 1. The van der Waals surface area contributed by atoms with Crippen LogP contribution in [0.15, 0.2) is 68.3 Å². The van der Waals surface area contributed by atoms with Gasteiger partial charge in [0, 0.05) is 40.3 Å². The second kappa shape index (κ2) is 7.00. The number of carbonyl (C=O) groups excluding carboxylic acids is 2. The molecule has 2 aromatic carbocycles. The molecule has 136 valence electrons. The van der Waals surface area contributed by atoms with Crippen molar-refractivity contribution in [1.29, 1.82) is 0 Å². The summed E-state index contributed by atoms with van der Waals surface area (Å²) in [7, 11) is 0. The number of nitrogens with zero attached hydrogens (tertiary/aromatic N) is 1. The summed E-state index contributed by atoms with van der Waals surface area (Å²) in [5, 5.41) is 3.56. The van der Waals surface area contributed by atoms with E-state index in [1.54, 1.807) is 29.2 Å². The highest BCUT2D eigenvalue weighted by atomic mass is 79.9. The summed E-state index contributed by atoms with van der Waals surface area (Å²) in [6.07, 6.45) is 0.171. The minimum atomic E-state index is -0.425. The molecule has 1 fully saturated rings. The van der Waals surface area contributed by atoms with E-state index in [-0.39, 0.29) is 18.2 Å². The summed E-state index contributed by atoms with van der Waals surface area (Å²) in [4.78, 5) is 37.8. The van der Waals surface area contributed by atoms with E-state index < -0.39 is 11.5 Å². The predicted molar refractivity (Wildman–Crippen MR) is 106 cm³/mol. The van der Waals surface area contributed by atoms with Gasteiger partial charge in [-0.25, -0.2) is 4.79 Å². The lowest BCUT2D eigenvalue weighted by Crippen LogP contribution is -2.28. The van der Waals surface area contributed by atoms with Crippen LogP contribution in [-0.4, -0.2) is 18.4 Å². The molecule has 1 aromatic heterocycles. The Balaban J connectivity index is 1.48. The average molecular weight is 427 g/mol. The van der Waals surface area contributed by atoms with Crippen LogP contribution in [0.4, 0.5) is 11.4 Å². The van der Waals surface area contributed by atoms with Crippen LogP contribution < -0.4 is 15.8 Å². The minimum absolute atomic E-state index is 0.0715. The van der Waals surface area contributed by atoms with Gasteiger partial charge in [-0.3, -0.25) is 9.59 Å². The SMILES string of the molecule is O=C(Nc1ccc2oc(=O)ccc2c1)[C@@H]1CC(=O)N(c2ccc(Br)cc2)C1. The van der Waals surface area contributed by atoms with Gasteiger partial charge in [0.1, 0.15) is 5.58 Å². The van der Waals surface area contributed by atoms with Gasteiger partial charge in [-0.15, -0.1) is 0 Å². The molecule has 0 bridgehead atoms. The lowest BCUT2D eigenvalue weighted by atomic mass is 10.1. The maximum absolute atomic E-state index is 12.6. The van der Waals surface area contributed by atoms with Gasteiger partial charge in [-0.05, 0) is 48.5 Å². The Morgan fingerprint density at radius 2 is 1.85 bits per heavy atom. The fourth-order valence-electron chi connectivity index (χ4n) is 3.15. The quantitative estimate of drug-likeness (QED) is 0.649. The first-order valence-corrected chi connectivity index (χ1v) is 9.19. The number of carbonyl (C=O) groups is 2. The summed E-state index contributed by atoms with van der Waals surface area (Å²) in [5.74, 6) is -0.706. The molecule has 0 aliphatic carbocycles. The number of hydrogen-bond donors (Lipinski definition) is 1. The highest BCUT2D eigenvalue weighted by Gasteiger charge is 2.35. The molecule has 0 unspecified atom stereocenters. The number of rotatable bonds is 3. The van der Waals surface area contributed by atoms with Crippen molar-refractivity contribution < 1.29 is 14.0 Å². The van der Waals surface area contributed by atoms with Crippen LogP contribution >= 0.6 is 15.9 Å². The highest BCUT2D eigenvalue weighted by molar-refractivity contribution is 9.10. The zero-order valence-electron chi connectivity index (χ0n) is 14.1. The first kappa shape index (κ1) is 17.5. The third-order valence-electron chi connectivity index (χ3n) is 4.52. The van der Waals surface area contributed by atoms with E-state index >= 15 is 0 Å². The smallest absolute Gasteiger partial charge is 0.336 e. The summed E-state index contributed by atoms with van der Waals surface area (Å²) in [6.45, 7) is 0.342. The van der Waals surface area contributed by atoms with Crippen molar-refractivity contribution in [2.45, 2.75) is 6.42 Å². The molecule has 1 aliphatic rings. The van der Waals surface area contributed by atoms with Crippen molar-refractivity contribution in [3.63, 3.8) is 0 Å². The summed E-state index contributed by atoms with van der Waals surface area (Å²) >= 11 is 3.37. The zero-order valence-corrected chi connectivity index (χ0v) is 15.7. The molecule has 0 spiro atoms. The maximum atomic E-state index is 12.6. The molecule has 27 heavy (non-hydrogen) atoms. The molecule has 3 aromatic rings. The third kappa shape index (κ3) is 3.64. The first-order chi connectivity index (χ1) is 13.0. The summed E-state index contributed by atoms with van der Waals surface area (Å²) in [5.41, 5.74) is 1.41. The van der Waals surface area contributed by atoms with E-state index in [0.717, 1.165) is 10.2 Å². The fraction of sp³-hybridized carbons (Fsp3) is 0.150. The lowest BCUT2D eigenvalue weighted by molar-refractivity contribution is -0.122. The molecule has 0 radical (unpaired) electrons. The van der Waals surface area contributed by atoms with Crippen molar-refractivity contribution in [1.82, 2.24) is 0 Å². The molecule has 1 saturated heterocycles.